The number of amides is 1. The van der Waals surface area contributed by atoms with Gasteiger partial charge in [0.05, 0.1) is 18.0 Å². The molecule has 2 heterocycles. The molecule has 0 unspecified atom stereocenters. The zero-order chi connectivity index (χ0) is 16.4. The average Bonchev–Trinajstić information content (AvgIpc) is 3.15. The Morgan fingerprint density at radius 2 is 2.00 bits per heavy atom. The molecule has 1 aromatic carbocycles. The van der Waals surface area contributed by atoms with Gasteiger partial charge < -0.3 is 4.90 Å². The molecule has 0 saturated carbocycles. The topological polar surface area (TPSA) is 57.7 Å². The van der Waals surface area contributed by atoms with Crippen molar-refractivity contribution < 1.29 is 13.2 Å². The molecule has 1 aliphatic heterocycles. The molecule has 0 atom stereocenters. The summed E-state index contributed by atoms with van der Waals surface area (Å²) in [5.41, 5.74) is 1.18. The zero-order valence-corrected chi connectivity index (χ0v) is 14.4. The summed E-state index contributed by atoms with van der Waals surface area (Å²) >= 11 is 1.62. The van der Waals surface area contributed by atoms with E-state index in [-0.39, 0.29) is 11.7 Å². The van der Waals surface area contributed by atoms with Gasteiger partial charge in [0.15, 0.2) is 0 Å². The molecule has 1 fully saturated rings. The van der Waals surface area contributed by atoms with E-state index in [0.29, 0.717) is 30.8 Å². The Balaban J connectivity index is 1.73. The number of benzene rings is 1. The first-order valence-corrected chi connectivity index (χ1v) is 9.84. The van der Waals surface area contributed by atoms with Gasteiger partial charge in [-0.25, -0.2) is 8.42 Å². The Bertz CT molecular complexity index is 783. The molecule has 7 heteroatoms. The van der Waals surface area contributed by atoms with Gasteiger partial charge in [0.2, 0.25) is 10.0 Å². The lowest BCUT2D eigenvalue weighted by atomic mass is 10.2. The van der Waals surface area contributed by atoms with Crippen molar-refractivity contribution in [3.05, 3.63) is 52.2 Å². The van der Waals surface area contributed by atoms with Crippen molar-refractivity contribution in [2.24, 2.45) is 0 Å². The first-order valence-electron chi connectivity index (χ1n) is 7.36. The van der Waals surface area contributed by atoms with Gasteiger partial charge in [-0.05, 0) is 42.1 Å². The highest BCUT2D eigenvalue weighted by Gasteiger charge is 2.28. The molecule has 122 valence electrons. The van der Waals surface area contributed by atoms with Crippen LogP contribution in [0.4, 0.5) is 5.69 Å². The Labute approximate surface area is 140 Å². The van der Waals surface area contributed by atoms with E-state index in [0.717, 1.165) is 4.88 Å². The predicted molar refractivity (Wildman–Crippen MR) is 92.3 cm³/mol. The molecule has 23 heavy (non-hydrogen) atoms. The molecule has 1 saturated heterocycles. The van der Waals surface area contributed by atoms with Gasteiger partial charge in [-0.3, -0.25) is 9.10 Å². The maximum absolute atomic E-state index is 12.4. The molecule has 0 radical (unpaired) electrons. The van der Waals surface area contributed by atoms with E-state index in [1.54, 1.807) is 47.5 Å². The number of hydrogen-bond acceptors (Lipinski definition) is 4. The predicted octanol–water partition coefficient (Wildman–Crippen LogP) is 2.56. The van der Waals surface area contributed by atoms with Crippen molar-refractivity contribution in [2.45, 2.75) is 13.0 Å². The maximum atomic E-state index is 12.4. The summed E-state index contributed by atoms with van der Waals surface area (Å²) in [6, 6.07) is 10.7. The molecule has 0 N–H and O–H groups in total. The van der Waals surface area contributed by atoms with Crippen molar-refractivity contribution in [3.63, 3.8) is 0 Å². The van der Waals surface area contributed by atoms with Crippen LogP contribution in [0.5, 0.6) is 0 Å². The fraction of sp³-hybridized carbons (Fsp3) is 0.312. The van der Waals surface area contributed by atoms with Gasteiger partial charge in [-0.2, -0.15) is 0 Å². The summed E-state index contributed by atoms with van der Waals surface area (Å²) in [4.78, 5) is 15.2. The normalized spacial score (nSPS) is 16.5. The Kier molecular flexibility index (Phi) is 4.41. The van der Waals surface area contributed by atoms with E-state index < -0.39 is 10.0 Å². The standard InChI is InChI=1S/C16H18N2O3S2/c1-17(12-15-4-2-10-22-15)16(19)13-5-7-14(8-6-13)18-9-3-11-23(18,20)21/h2,4-8,10H,3,9,11-12H2,1H3. The Morgan fingerprint density at radius 1 is 1.26 bits per heavy atom. The maximum Gasteiger partial charge on any atom is 0.253 e. The van der Waals surface area contributed by atoms with Gasteiger partial charge in [0.1, 0.15) is 0 Å². The smallest absolute Gasteiger partial charge is 0.253 e. The molecule has 5 nitrogen and oxygen atoms in total. The van der Waals surface area contributed by atoms with Crippen molar-refractivity contribution in [1.29, 1.82) is 0 Å². The van der Waals surface area contributed by atoms with Crippen LogP contribution >= 0.6 is 11.3 Å². The number of thiophene rings is 1. The summed E-state index contributed by atoms with van der Waals surface area (Å²) < 4.78 is 25.3. The molecule has 2 aromatic rings. The average molecular weight is 350 g/mol. The molecule has 3 rings (SSSR count). The zero-order valence-electron chi connectivity index (χ0n) is 12.8. The second kappa shape index (κ2) is 6.33. The lowest BCUT2D eigenvalue weighted by Crippen LogP contribution is -2.27. The van der Waals surface area contributed by atoms with Crippen LogP contribution in [-0.4, -0.2) is 38.6 Å². The van der Waals surface area contributed by atoms with E-state index in [1.807, 2.05) is 17.5 Å². The van der Waals surface area contributed by atoms with Gasteiger partial charge in [-0.1, -0.05) is 6.07 Å². The molecule has 1 aliphatic rings. The number of nitrogens with zero attached hydrogens (tertiary/aromatic N) is 2. The molecular weight excluding hydrogens is 332 g/mol. The van der Waals surface area contributed by atoms with Gasteiger partial charge in [-0.15, -0.1) is 11.3 Å². The lowest BCUT2D eigenvalue weighted by Gasteiger charge is -2.19. The van der Waals surface area contributed by atoms with Gasteiger partial charge in [0.25, 0.3) is 5.91 Å². The molecule has 0 aliphatic carbocycles. The van der Waals surface area contributed by atoms with E-state index in [9.17, 15) is 13.2 Å². The van der Waals surface area contributed by atoms with E-state index in [1.165, 1.54) is 4.31 Å². The molecule has 0 spiro atoms. The van der Waals surface area contributed by atoms with Crippen LogP contribution in [0.15, 0.2) is 41.8 Å². The second-order valence-electron chi connectivity index (χ2n) is 5.53. The quantitative estimate of drug-likeness (QED) is 0.851. The Morgan fingerprint density at radius 3 is 2.57 bits per heavy atom. The number of carbonyl (C=O) groups is 1. The highest BCUT2D eigenvalue weighted by atomic mass is 32.2. The summed E-state index contributed by atoms with van der Waals surface area (Å²) in [7, 11) is -1.42. The summed E-state index contributed by atoms with van der Waals surface area (Å²) in [5.74, 6) is 0.117. The van der Waals surface area contributed by atoms with Crippen LogP contribution in [0.25, 0.3) is 0 Å². The molecular formula is C16H18N2O3S2. The van der Waals surface area contributed by atoms with Crippen molar-refractivity contribution in [3.8, 4) is 0 Å². The number of sulfonamides is 1. The third-order valence-corrected chi connectivity index (χ3v) is 6.55. The first kappa shape index (κ1) is 16.0. The Hall–Kier alpha value is -1.86. The number of hydrogen-bond donors (Lipinski definition) is 0. The molecule has 1 amide bonds. The fourth-order valence-electron chi connectivity index (χ4n) is 2.63. The van der Waals surface area contributed by atoms with Crippen LogP contribution in [0.2, 0.25) is 0 Å². The summed E-state index contributed by atoms with van der Waals surface area (Å²) in [5, 5.41) is 1.99. The SMILES string of the molecule is CN(Cc1cccs1)C(=O)c1ccc(N2CCCS2(=O)=O)cc1. The molecule has 0 bridgehead atoms. The largest absolute Gasteiger partial charge is 0.337 e. The van der Waals surface area contributed by atoms with Gasteiger partial charge in [0, 0.05) is 24.0 Å². The summed E-state index contributed by atoms with van der Waals surface area (Å²) in [6.07, 6.45) is 0.645. The minimum Gasteiger partial charge on any atom is -0.337 e. The minimum atomic E-state index is -3.18. The third-order valence-electron chi connectivity index (χ3n) is 3.82. The van der Waals surface area contributed by atoms with E-state index >= 15 is 0 Å². The minimum absolute atomic E-state index is 0.0748. The number of rotatable bonds is 4. The van der Waals surface area contributed by atoms with Crippen LogP contribution in [0.1, 0.15) is 21.7 Å². The highest BCUT2D eigenvalue weighted by molar-refractivity contribution is 7.93. The number of carbonyl (C=O) groups excluding carboxylic acids is 1. The third kappa shape index (κ3) is 3.40. The van der Waals surface area contributed by atoms with Crippen LogP contribution in [0.3, 0.4) is 0 Å². The number of anilines is 1. The van der Waals surface area contributed by atoms with Gasteiger partial charge >= 0.3 is 0 Å². The van der Waals surface area contributed by atoms with Crippen molar-refractivity contribution >= 4 is 33.0 Å². The second-order valence-corrected chi connectivity index (χ2v) is 8.57. The van der Waals surface area contributed by atoms with Crippen LogP contribution < -0.4 is 4.31 Å². The fourth-order valence-corrected chi connectivity index (χ4v) is 4.95. The molecule has 1 aromatic heterocycles. The van der Waals surface area contributed by atoms with E-state index in [4.69, 9.17) is 0 Å². The first-order chi connectivity index (χ1) is 11.0. The highest BCUT2D eigenvalue weighted by Crippen LogP contribution is 2.24. The van der Waals surface area contributed by atoms with E-state index in [2.05, 4.69) is 0 Å². The van der Waals surface area contributed by atoms with Crippen LogP contribution in [0, 0.1) is 0 Å². The summed E-state index contributed by atoms with van der Waals surface area (Å²) in [6.45, 7) is 1.08. The lowest BCUT2D eigenvalue weighted by molar-refractivity contribution is 0.0786. The monoisotopic (exact) mass is 350 g/mol. The van der Waals surface area contributed by atoms with Crippen LogP contribution in [-0.2, 0) is 16.6 Å². The van der Waals surface area contributed by atoms with Crippen molar-refractivity contribution in [1.82, 2.24) is 4.90 Å². The van der Waals surface area contributed by atoms with Crippen molar-refractivity contribution in [2.75, 3.05) is 23.7 Å².